The van der Waals surface area contributed by atoms with Crippen molar-refractivity contribution in [1.82, 2.24) is 19.7 Å². The van der Waals surface area contributed by atoms with Crippen LogP contribution in [-0.4, -0.2) is 19.7 Å². The standard InChI is InChI=1S/C16H14N4O/c1-11-14-16(18-15(17-14)13-7-8-21-10-13)20(19-11)9-12-5-3-2-4-6-12/h2-8,10H,9H2,1H3,(H,17,18). The highest BCUT2D eigenvalue weighted by Crippen LogP contribution is 2.23. The van der Waals surface area contributed by atoms with Crippen LogP contribution in [0, 0.1) is 6.92 Å². The SMILES string of the molecule is Cc1nn(Cc2ccccc2)c2nc(-c3ccoc3)[nH]c12. The predicted molar refractivity (Wildman–Crippen MR) is 79.9 cm³/mol. The molecule has 21 heavy (non-hydrogen) atoms. The van der Waals surface area contributed by atoms with Gasteiger partial charge in [-0.15, -0.1) is 0 Å². The Morgan fingerprint density at radius 3 is 2.81 bits per heavy atom. The van der Waals surface area contributed by atoms with E-state index in [1.807, 2.05) is 35.9 Å². The number of benzene rings is 1. The third-order valence-electron chi connectivity index (χ3n) is 3.53. The lowest BCUT2D eigenvalue weighted by Crippen LogP contribution is -2.02. The van der Waals surface area contributed by atoms with E-state index in [4.69, 9.17) is 4.42 Å². The van der Waals surface area contributed by atoms with Gasteiger partial charge in [0.25, 0.3) is 0 Å². The fourth-order valence-electron chi connectivity index (χ4n) is 2.48. The minimum Gasteiger partial charge on any atom is -0.472 e. The Morgan fingerprint density at radius 2 is 2.05 bits per heavy atom. The monoisotopic (exact) mass is 278 g/mol. The van der Waals surface area contributed by atoms with Gasteiger partial charge in [0.05, 0.1) is 24.1 Å². The van der Waals surface area contributed by atoms with Gasteiger partial charge in [-0.1, -0.05) is 30.3 Å². The van der Waals surface area contributed by atoms with E-state index in [0.717, 1.165) is 28.2 Å². The van der Waals surface area contributed by atoms with Crippen LogP contribution in [0.25, 0.3) is 22.6 Å². The van der Waals surface area contributed by atoms with Crippen LogP contribution < -0.4 is 0 Å². The van der Waals surface area contributed by atoms with Crippen molar-refractivity contribution in [2.24, 2.45) is 0 Å². The summed E-state index contributed by atoms with van der Waals surface area (Å²) >= 11 is 0. The second-order valence-electron chi connectivity index (χ2n) is 5.02. The van der Waals surface area contributed by atoms with Gasteiger partial charge in [-0.25, -0.2) is 9.67 Å². The maximum Gasteiger partial charge on any atom is 0.177 e. The van der Waals surface area contributed by atoms with Crippen LogP contribution in [0.3, 0.4) is 0 Å². The van der Waals surface area contributed by atoms with Gasteiger partial charge in [0.1, 0.15) is 17.6 Å². The second kappa shape index (κ2) is 4.63. The predicted octanol–water partition coefficient (Wildman–Crippen LogP) is 3.38. The van der Waals surface area contributed by atoms with Crippen molar-refractivity contribution in [2.45, 2.75) is 13.5 Å². The molecule has 0 bridgehead atoms. The molecule has 3 aromatic heterocycles. The first kappa shape index (κ1) is 12.0. The molecule has 0 unspecified atom stereocenters. The number of nitrogens with one attached hydrogen (secondary N) is 1. The molecule has 5 nitrogen and oxygen atoms in total. The molecule has 0 fully saturated rings. The van der Waals surface area contributed by atoms with E-state index in [1.165, 1.54) is 5.56 Å². The minimum absolute atomic E-state index is 0.709. The molecular formula is C16H14N4O. The smallest absolute Gasteiger partial charge is 0.177 e. The highest BCUT2D eigenvalue weighted by Gasteiger charge is 2.14. The number of aryl methyl sites for hydroxylation is 1. The van der Waals surface area contributed by atoms with Crippen LogP contribution >= 0.6 is 0 Å². The molecule has 1 N–H and O–H groups in total. The van der Waals surface area contributed by atoms with Gasteiger partial charge in [0.2, 0.25) is 0 Å². The number of hydrogen-bond acceptors (Lipinski definition) is 3. The second-order valence-corrected chi connectivity index (χ2v) is 5.02. The van der Waals surface area contributed by atoms with Crippen LogP contribution in [0.1, 0.15) is 11.3 Å². The molecule has 0 aliphatic carbocycles. The van der Waals surface area contributed by atoms with Gasteiger partial charge >= 0.3 is 0 Å². The lowest BCUT2D eigenvalue weighted by atomic mass is 10.2. The molecule has 104 valence electrons. The van der Waals surface area contributed by atoms with E-state index in [0.29, 0.717) is 6.54 Å². The number of furan rings is 1. The first-order valence-corrected chi connectivity index (χ1v) is 6.81. The van der Waals surface area contributed by atoms with Crippen molar-refractivity contribution >= 4 is 11.2 Å². The highest BCUT2D eigenvalue weighted by atomic mass is 16.3. The van der Waals surface area contributed by atoms with Crippen molar-refractivity contribution in [2.75, 3.05) is 0 Å². The molecule has 3 heterocycles. The van der Waals surface area contributed by atoms with E-state index < -0.39 is 0 Å². The number of hydrogen-bond donors (Lipinski definition) is 1. The highest BCUT2D eigenvalue weighted by molar-refractivity contribution is 5.78. The van der Waals surface area contributed by atoms with Crippen LogP contribution in [0.5, 0.6) is 0 Å². The molecular weight excluding hydrogens is 264 g/mol. The van der Waals surface area contributed by atoms with Gasteiger partial charge < -0.3 is 9.40 Å². The first-order chi connectivity index (χ1) is 10.3. The van der Waals surface area contributed by atoms with Crippen molar-refractivity contribution in [1.29, 1.82) is 0 Å². The summed E-state index contributed by atoms with van der Waals surface area (Å²) in [5, 5.41) is 4.57. The van der Waals surface area contributed by atoms with E-state index >= 15 is 0 Å². The molecule has 5 heteroatoms. The van der Waals surface area contributed by atoms with E-state index in [2.05, 4.69) is 27.2 Å². The Balaban J connectivity index is 1.79. The van der Waals surface area contributed by atoms with E-state index in [9.17, 15) is 0 Å². The summed E-state index contributed by atoms with van der Waals surface area (Å²) in [5.41, 5.74) is 4.93. The van der Waals surface area contributed by atoms with Gasteiger partial charge in [0.15, 0.2) is 5.65 Å². The minimum atomic E-state index is 0.709. The normalized spacial score (nSPS) is 11.3. The maximum atomic E-state index is 5.12. The molecule has 0 radical (unpaired) electrons. The molecule has 0 saturated heterocycles. The zero-order valence-corrected chi connectivity index (χ0v) is 11.6. The number of aromatic nitrogens is 4. The van der Waals surface area contributed by atoms with Crippen molar-refractivity contribution in [3.05, 3.63) is 60.2 Å². The van der Waals surface area contributed by atoms with Gasteiger partial charge in [0, 0.05) is 0 Å². The fraction of sp³-hybridized carbons (Fsp3) is 0.125. The van der Waals surface area contributed by atoms with E-state index in [-0.39, 0.29) is 0 Å². The van der Waals surface area contributed by atoms with Crippen LogP contribution in [0.15, 0.2) is 53.3 Å². The summed E-state index contributed by atoms with van der Waals surface area (Å²) in [6, 6.07) is 12.1. The molecule has 4 rings (SSSR count). The zero-order valence-electron chi connectivity index (χ0n) is 11.6. The number of H-pyrrole nitrogens is 1. The lowest BCUT2D eigenvalue weighted by molar-refractivity contribution is 0.568. The molecule has 0 atom stereocenters. The quantitative estimate of drug-likeness (QED) is 0.625. The van der Waals surface area contributed by atoms with Crippen LogP contribution in [-0.2, 0) is 6.54 Å². The van der Waals surface area contributed by atoms with E-state index in [1.54, 1.807) is 12.5 Å². The summed E-state index contributed by atoms with van der Waals surface area (Å²) < 4.78 is 7.05. The molecule has 1 aromatic carbocycles. The topological polar surface area (TPSA) is 59.6 Å². The number of aromatic amines is 1. The van der Waals surface area contributed by atoms with Crippen LogP contribution in [0.4, 0.5) is 0 Å². The zero-order chi connectivity index (χ0) is 14.2. The molecule has 0 amide bonds. The third-order valence-corrected chi connectivity index (χ3v) is 3.53. The van der Waals surface area contributed by atoms with Crippen molar-refractivity contribution in [3.8, 4) is 11.4 Å². The Bertz CT molecular complexity index is 872. The number of fused-ring (bicyclic) bond motifs is 1. The van der Waals surface area contributed by atoms with Crippen molar-refractivity contribution in [3.63, 3.8) is 0 Å². The molecule has 0 spiro atoms. The largest absolute Gasteiger partial charge is 0.472 e. The average molecular weight is 278 g/mol. The Labute approximate surface area is 121 Å². The number of nitrogens with zero attached hydrogens (tertiary/aromatic N) is 3. The van der Waals surface area contributed by atoms with Gasteiger partial charge in [-0.05, 0) is 18.6 Å². The lowest BCUT2D eigenvalue weighted by Gasteiger charge is -2.01. The summed E-state index contributed by atoms with van der Waals surface area (Å²) in [6.07, 6.45) is 3.33. The Kier molecular flexibility index (Phi) is 2.64. The summed E-state index contributed by atoms with van der Waals surface area (Å²) in [4.78, 5) is 7.98. The third kappa shape index (κ3) is 2.03. The summed E-state index contributed by atoms with van der Waals surface area (Å²) in [6.45, 7) is 2.70. The molecule has 0 aliphatic rings. The fourth-order valence-corrected chi connectivity index (χ4v) is 2.48. The number of imidazole rings is 1. The molecule has 0 aliphatic heterocycles. The Morgan fingerprint density at radius 1 is 1.19 bits per heavy atom. The first-order valence-electron chi connectivity index (χ1n) is 6.81. The maximum absolute atomic E-state index is 5.12. The molecule has 4 aromatic rings. The van der Waals surface area contributed by atoms with Gasteiger partial charge in [-0.2, -0.15) is 5.10 Å². The Hall–Kier alpha value is -2.82. The number of rotatable bonds is 3. The summed E-state index contributed by atoms with van der Waals surface area (Å²) in [7, 11) is 0. The molecule has 0 saturated carbocycles. The average Bonchev–Trinajstić information content (AvgIpc) is 3.20. The van der Waals surface area contributed by atoms with Gasteiger partial charge in [-0.3, -0.25) is 0 Å². The van der Waals surface area contributed by atoms with Crippen molar-refractivity contribution < 1.29 is 4.42 Å². The summed E-state index contributed by atoms with van der Waals surface area (Å²) in [5.74, 6) is 0.807. The van der Waals surface area contributed by atoms with Crippen LogP contribution in [0.2, 0.25) is 0 Å².